The van der Waals surface area contributed by atoms with Gasteiger partial charge in [0.05, 0.1) is 16.1 Å². The van der Waals surface area contributed by atoms with Gasteiger partial charge in [-0.3, -0.25) is 5.10 Å². The predicted octanol–water partition coefficient (Wildman–Crippen LogP) is 5.26. The Labute approximate surface area is 134 Å². The molecular weight excluding hydrogens is 322 g/mol. The van der Waals surface area contributed by atoms with Crippen LogP contribution in [0.5, 0.6) is 0 Å². The number of aromatic nitrogens is 2. The van der Waals surface area contributed by atoms with Crippen LogP contribution >= 0.6 is 34.3 Å². The van der Waals surface area contributed by atoms with Gasteiger partial charge in [-0.25, -0.2) is 0 Å². The Morgan fingerprint density at radius 3 is 2.67 bits per heavy atom. The van der Waals surface area contributed by atoms with Gasteiger partial charge in [-0.05, 0) is 35.2 Å². The first kappa shape index (κ1) is 12.9. The van der Waals surface area contributed by atoms with E-state index in [9.17, 15) is 0 Å². The summed E-state index contributed by atoms with van der Waals surface area (Å²) in [6.07, 6.45) is 0. The minimum absolute atomic E-state index is 0.504. The zero-order valence-electron chi connectivity index (χ0n) is 10.8. The molecule has 0 amide bonds. The third-order valence-electron chi connectivity index (χ3n) is 3.31. The fourth-order valence-corrected chi connectivity index (χ4v) is 4.57. The quantitative estimate of drug-likeness (QED) is 0.526. The molecule has 4 rings (SSSR count). The largest absolute Gasteiger partial charge is 0.382 e. The third-order valence-corrected chi connectivity index (χ3v) is 5.68. The zero-order chi connectivity index (χ0) is 14.4. The normalized spacial score (nSPS) is 11.3. The Hall–Kier alpha value is -1.82. The Kier molecular flexibility index (Phi) is 2.99. The van der Waals surface area contributed by atoms with E-state index in [2.05, 4.69) is 27.7 Å². The van der Waals surface area contributed by atoms with E-state index in [1.807, 2.05) is 24.3 Å². The molecule has 0 aliphatic heterocycles. The molecule has 0 bridgehead atoms. The van der Waals surface area contributed by atoms with Crippen LogP contribution < -0.4 is 5.73 Å². The molecule has 6 heteroatoms. The average molecular weight is 332 g/mol. The molecule has 21 heavy (non-hydrogen) atoms. The van der Waals surface area contributed by atoms with E-state index in [1.165, 1.54) is 9.40 Å². The molecule has 0 saturated heterocycles. The van der Waals surface area contributed by atoms with Gasteiger partial charge in [0.15, 0.2) is 5.82 Å². The standard InChI is InChI=1S/C15H10ClN3S2/c16-9-3-1-8(2-4-9)13-14(18-19-15(13)17)12-7-11-10(21-12)5-6-20-11/h1-7H,(H3,17,18,19). The van der Waals surface area contributed by atoms with Crippen molar-refractivity contribution in [3.05, 3.63) is 46.8 Å². The molecule has 3 nitrogen and oxygen atoms in total. The minimum Gasteiger partial charge on any atom is -0.382 e. The molecule has 104 valence electrons. The van der Waals surface area contributed by atoms with E-state index in [0.29, 0.717) is 10.8 Å². The lowest BCUT2D eigenvalue weighted by Gasteiger charge is -2.03. The maximum atomic E-state index is 6.05. The Bertz CT molecular complexity index is 890. The molecule has 0 aliphatic carbocycles. The first-order valence-electron chi connectivity index (χ1n) is 6.29. The van der Waals surface area contributed by atoms with Crippen LogP contribution in [0.2, 0.25) is 5.02 Å². The zero-order valence-corrected chi connectivity index (χ0v) is 13.1. The van der Waals surface area contributed by atoms with Crippen molar-refractivity contribution >= 4 is 49.5 Å². The molecule has 0 aliphatic rings. The first-order chi connectivity index (χ1) is 10.2. The number of benzene rings is 1. The van der Waals surface area contributed by atoms with Crippen LogP contribution in [0.25, 0.3) is 31.1 Å². The molecule has 3 aromatic heterocycles. The minimum atomic E-state index is 0.504. The summed E-state index contributed by atoms with van der Waals surface area (Å²) >= 11 is 9.44. The highest BCUT2D eigenvalue weighted by Crippen LogP contribution is 2.41. The van der Waals surface area contributed by atoms with Gasteiger partial charge in [0, 0.05) is 14.4 Å². The highest BCUT2D eigenvalue weighted by molar-refractivity contribution is 7.28. The van der Waals surface area contributed by atoms with Crippen LogP contribution in [0, 0.1) is 0 Å². The Balaban J connectivity index is 1.90. The SMILES string of the molecule is Nc1n[nH]c(-c2cc3sccc3s2)c1-c1ccc(Cl)cc1. The lowest BCUT2D eigenvalue weighted by atomic mass is 10.0. The molecule has 0 saturated carbocycles. The molecule has 1 aromatic carbocycles. The number of nitrogens with two attached hydrogens (primary N) is 1. The number of hydrogen-bond acceptors (Lipinski definition) is 4. The molecule has 0 unspecified atom stereocenters. The van der Waals surface area contributed by atoms with Crippen LogP contribution in [0.1, 0.15) is 0 Å². The summed E-state index contributed by atoms with van der Waals surface area (Å²) in [5, 5.41) is 10.0. The maximum Gasteiger partial charge on any atom is 0.153 e. The molecule has 0 atom stereocenters. The number of hydrogen-bond donors (Lipinski definition) is 2. The van der Waals surface area contributed by atoms with Crippen molar-refractivity contribution in [2.75, 3.05) is 5.73 Å². The van der Waals surface area contributed by atoms with E-state index in [-0.39, 0.29) is 0 Å². The van der Waals surface area contributed by atoms with Gasteiger partial charge in [-0.15, -0.1) is 22.7 Å². The van der Waals surface area contributed by atoms with Gasteiger partial charge in [0.2, 0.25) is 0 Å². The van der Waals surface area contributed by atoms with Gasteiger partial charge in [0.25, 0.3) is 0 Å². The summed E-state index contributed by atoms with van der Waals surface area (Å²) < 4.78 is 2.57. The molecule has 0 radical (unpaired) electrons. The molecular formula is C15H10ClN3S2. The van der Waals surface area contributed by atoms with Crippen LogP contribution in [0.3, 0.4) is 0 Å². The highest BCUT2D eigenvalue weighted by atomic mass is 35.5. The van der Waals surface area contributed by atoms with Gasteiger partial charge in [-0.1, -0.05) is 23.7 Å². The van der Waals surface area contributed by atoms with Gasteiger partial charge < -0.3 is 5.73 Å². The van der Waals surface area contributed by atoms with Crippen molar-refractivity contribution in [2.24, 2.45) is 0 Å². The number of anilines is 1. The molecule has 4 aromatic rings. The van der Waals surface area contributed by atoms with E-state index >= 15 is 0 Å². The number of fused-ring (bicyclic) bond motifs is 1. The fourth-order valence-electron chi connectivity index (χ4n) is 2.33. The average Bonchev–Trinajstić information content (AvgIpc) is 3.13. The van der Waals surface area contributed by atoms with Crippen molar-refractivity contribution in [2.45, 2.75) is 0 Å². The van der Waals surface area contributed by atoms with Crippen molar-refractivity contribution in [3.8, 4) is 21.7 Å². The van der Waals surface area contributed by atoms with Crippen molar-refractivity contribution in [1.29, 1.82) is 0 Å². The van der Waals surface area contributed by atoms with Gasteiger partial charge >= 0.3 is 0 Å². The summed E-state index contributed by atoms with van der Waals surface area (Å²) in [4.78, 5) is 1.14. The number of nitrogens with zero attached hydrogens (tertiary/aromatic N) is 1. The predicted molar refractivity (Wildman–Crippen MR) is 92.1 cm³/mol. The molecule has 3 heterocycles. The number of thiophene rings is 2. The summed E-state index contributed by atoms with van der Waals surface area (Å²) in [5.74, 6) is 0.504. The van der Waals surface area contributed by atoms with E-state index in [4.69, 9.17) is 17.3 Å². The number of nitrogens with one attached hydrogen (secondary N) is 1. The number of halogens is 1. The Morgan fingerprint density at radius 2 is 1.90 bits per heavy atom. The van der Waals surface area contributed by atoms with Crippen LogP contribution in [-0.4, -0.2) is 10.2 Å². The van der Waals surface area contributed by atoms with Gasteiger partial charge in [0.1, 0.15) is 0 Å². The highest BCUT2D eigenvalue weighted by Gasteiger charge is 2.17. The second-order valence-electron chi connectivity index (χ2n) is 4.63. The monoisotopic (exact) mass is 331 g/mol. The number of nitrogen functional groups attached to an aromatic ring is 1. The van der Waals surface area contributed by atoms with E-state index < -0.39 is 0 Å². The van der Waals surface area contributed by atoms with Crippen molar-refractivity contribution < 1.29 is 0 Å². The number of rotatable bonds is 2. The molecule has 3 N–H and O–H groups in total. The van der Waals surface area contributed by atoms with Crippen LogP contribution in [0.4, 0.5) is 5.82 Å². The van der Waals surface area contributed by atoms with Crippen molar-refractivity contribution in [1.82, 2.24) is 10.2 Å². The van der Waals surface area contributed by atoms with Crippen LogP contribution in [0.15, 0.2) is 41.8 Å². The van der Waals surface area contributed by atoms with Crippen LogP contribution in [-0.2, 0) is 0 Å². The lowest BCUT2D eigenvalue weighted by molar-refractivity contribution is 1.11. The van der Waals surface area contributed by atoms with E-state index in [0.717, 1.165) is 21.7 Å². The number of H-pyrrole nitrogens is 1. The van der Waals surface area contributed by atoms with Crippen molar-refractivity contribution in [3.63, 3.8) is 0 Å². The number of aromatic amines is 1. The summed E-state index contributed by atoms with van der Waals surface area (Å²) in [5.41, 5.74) is 8.95. The summed E-state index contributed by atoms with van der Waals surface area (Å²) in [6.45, 7) is 0. The topological polar surface area (TPSA) is 54.7 Å². The van der Waals surface area contributed by atoms with E-state index in [1.54, 1.807) is 22.7 Å². The third kappa shape index (κ3) is 2.14. The first-order valence-corrected chi connectivity index (χ1v) is 8.37. The fraction of sp³-hybridized carbons (Fsp3) is 0. The lowest BCUT2D eigenvalue weighted by Crippen LogP contribution is -1.88. The molecule has 0 spiro atoms. The Morgan fingerprint density at radius 1 is 1.10 bits per heavy atom. The smallest absolute Gasteiger partial charge is 0.153 e. The summed E-state index contributed by atoms with van der Waals surface area (Å²) in [6, 6.07) is 12.0. The van der Waals surface area contributed by atoms with Gasteiger partial charge in [-0.2, -0.15) is 5.10 Å². The second-order valence-corrected chi connectivity index (χ2v) is 7.09. The summed E-state index contributed by atoms with van der Waals surface area (Å²) in [7, 11) is 0. The second kappa shape index (κ2) is 4.87. The maximum absolute atomic E-state index is 6.05. The molecule has 0 fully saturated rings.